The second kappa shape index (κ2) is 8.62. The molecule has 2 heterocycles. The molecule has 1 aliphatic rings. The molecule has 0 saturated heterocycles. The largest absolute Gasteiger partial charge is 0.367 e. The van der Waals surface area contributed by atoms with Crippen molar-refractivity contribution >= 4 is 11.8 Å². The number of likely N-dealkylation sites (N-methyl/N-ethyl adjacent to an activating group) is 1. The van der Waals surface area contributed by atoms with Crippen LogP contribution in [0.15, 0.2) is 36.8 Å². The molecule has 5 nitrogen and oxygen atoms in total. The Morgan fingerprint density at radius 3 is 2.54 bits per heavy atom. The molecule has 1 aliphatic carbocycles. The maximum Gasteiger partial charge on any atom is 0.226 e. The fraction of sp³-hybridized carbons (Fsp3) is 0.526. The summed E-state index contributed by atoms with van der Waals surface area (Å²) in [4.78, 5) is 15.3. The second-order valence-electron chi connectivity index (χ2n) is 6.60. The van der Waals surface area contributed by atoms with Gasteiger partial charge in [-0.25, -0.2) is 4.98 Å². The molecule has 0 unspecified atom stereocenters. The van der Waals surface area contributed by atoms with Crippen LogP contribution in [0.25, 0.3) is 0 Å². The van der Waals surface area contributed by atoms with Crippen LogP contribution in [0.5, 0.6) is 0 Å². The highest BCUT2D eigenvalue weighted by Gasteiger charge is 2.13. The molecule has 24 heavy (non-hydrogen) atoms. The van der Waals surface area contributed by atoms with Crippen molar-refractivity contribution in [1.29, 1.82) is 0 Å². The van der Waals surface area contributed by atoms with Crippen LogP contribution in [0.2, 0.25) is 0 Å². The van der Waals surface area contributed by atoms with Gasteiger partial charge in [0.15, 0.2) is 0 Å². The summed E-state index contributed by atoms with van der Waals surface area (Å²) in [5, 5.41) is 3.60. The predicted molar refractivity (Wildman–Crippen MR) is 98.4 cm³/mol. The molecule has 0 bridgehead atoms. The normalized spacial score (nSPS) is 15.7. The lowest BCUT2D eigenvalue weighted by Gasteiger charge is -2.20. The predicted octanol–water partition coefficient (Wildman–Crippen LogP) is 3.69. The van der Waals surface area contributed by atoms with Crippen LogP contribution in [0.1, 0.15) is 44.1 Å². The van der Waals surface area contributed by atoms with E-state index in [0.29, 0.717) is 6.04 Å². The zero-order valence-corrected chi connectivity index (χ0v) is 14.5. The summed E-state index contributed by atoms with van der Waals surface area (Å²) < 4.78 is 0. The quantitative estimate of drug-likeness (QED) is 0.821. The van der Waals surface area contributed by atoms with E-state index in [-0.39, 0.29) is 0 Å². The summed E-state index contributed by atoms with van der Waals surface area (Å²) in [7, 11) is 2.05. The molecule has 5 heteroatoms. The van der Waals surface area contributed by atoms with Gasteiger partial charge in [0.2, 0.25) is 5.95 Å². The molecule has 2 aromatic heterocycles. The van der Waals surface area contributed by atoms with E-state index in [1.165, 1.54) is 44.1 Å². The third kappa shape index (κ3) is 4.91. The first-order valence-electron chi connectivity index (χ1n) is 9.01. The van der Waals surface area contributed by atoms with Gasteiger partial charge in [-0.2, -0.15) is 4.98 Å². The van der Waals surface area contributed by atoms with E-state index in [1.807, 2.05) is 31.7 Å². The van der Waals surface area contributed by atoms with E-state index in [0.717, 1.165) is 24.7 Å². The first-order valence-corrected chi connectivity index (χ1v) is 9.01. The summed E-state index contributed by atoms with van der Waals surface area (Å²) in [5.74, 6) is 1.73. The topological polar surface area (TPSA) is 53.9 Å². The highest BCUT2D eigenvalue weighted by atomic mass is 15.2. The van der Waals surface area contributed by atoms with Crippen molar-refractivity contribution in [2.45, 2.75) is 51.0 Å². The van der Waals surface area contributed by atoms with Crippen molar-refractivity contribution < 1.29 is 0 Å². The SMILES string of the molecule is CN(CCc1ccncc1)c1nccc(NC2CCCCCC2)n1. The standard InChI is InChI=1S/C19H27N5/c1-24(15-11-16-8-12-20-13-9-16)19-21-14-10-18(23-19)22-17-6-4-2-3-5-7-17/h8-10,12-14,17H,2-7,11,15H2,1H3,(H,21,22,23). The van der Waals surface area contributed by atoms with Crippen molar-refractivity contribution in [2.24, 2.45) is 0 Å². The minimum atomic E-state index is 0.553. The monoisotopic (exact) mass is 325 g/mol. The van der Waals surface area contributed by atoms with Crippen LogP contribution >= 0.6 is 0 Å². The zero-order valence-electron chi connectivity index (χ0n) is 14.5. The van der Waals surface area contributed by atoms with Crippen LogP contribution in [-0.2, 0) is 6.42 Å². The lowest BCUT2D eigenvalue weighted by molar-refractivity contribution is 0.617. The molecule has 2 aromatic rings. The van der Waals surface area contributed by atoms with Crippen molar-refractivity contribution in [3.05, 3.63) is 42.4 Å². The smallest absolute Gasteiger partial charge is 0.226 e. The second-order valence-corrected chi connectivity index (χ2v) is 6.60. The van der Waals surface area contributed by atoms with Crippen molar-refractivity contribution in [1.82, 2.24) is 15.0 Å². The molecular formula is C19H27N5. The van der Waals surface area contributed by atoms with E-state index in [1.54, 1.807) is 0 Å². The van der Waals surface area contributed by atoms with Crippen molar-refractivity contribution in [3.8, 4) is 0 Å². The molecule has 0 radical (unpaired) electrons. The number of pyridine rings is 1. The van der Waals surface area contributed by atoms with Gasteiger partial charge in [0.05, 0.1) is 0 Å². The molecule has 1 N–H and O–H groups in total. The Hall–Kier alpha value is -2.17. The molecule has 0 aromatic carbocycles. The maximum atomic E-state index is 4.70. The fourth-order valence-electron chi connectivity index (χ4n) is 3.19. The number of hydrogen-bond acceptors (Lipinski definition) is 5. The summed E-state index contributed by atoms with van der Waals surface area (Å²) in [5.41, 5.74) is 1.28. The zero-order chi connectivity index (χ0) is 16.6. The Balaban J connectivity index is 1.57. The van der Waals surface area contributed by atoms with Gasteiger partial charge in [-0.05, 0) is 43.0 Å². The van der Waals surface area contributed by atoms with Crippen molar-refractivity contribution in [2.75, 3.05) is 23.8 Å². The van der Waals surface area contributed by atoms with Gasteiger partial charge >= 0.3 is 0 Å². The average Bonchev–Trinajstić information content (AvgIpc) is 2.89. The van der Waals surface area contributed by atoms with E-state index < -0.39 is 0 Å². The van der Waals surface area contributed by atoms with E-state index in [4.69, 9.17) is 4.98 Å². The van der Waals surface area contributed by atoms with Gasteiger partial charge in [-0.1, -0.05) is 25.7 Å². The minimum Gasteiger partial charge on any atom is -0.367 e. The van der Waals surface area contributed by atoms with Gasteiger partial charge in [-0.15, -0.1) is 0 Å². The van der Waals surface area contributed by atoms with Crippen LogP contribution in [-0.4, -0.2) is 34.6 Å². The molecule has 0 amide bonds. The van der Waals surface area contributed by atoms with Gasteiger partial charge in [-0.3, -0.25) is 4.98 Å². The van der Waals surface area contributed by atoms with Crippen LogP contribution in [0.4, 0.5) is 11.8 Å². The maximum absolute atomic E-state index is 4.70. The first-order chi connectivity index (χ1) is 11.8. The third-order valence-electron chi connectivity index (χ3n) is 4.68. The molecule has 3 rings (SSSR count). The van der Waals surface area contributed by atoms with Crippen molar-refractivity contribution in [3.63, 3.8) is 0 Å². The van der Waals surface area contributed by atoms with Gasteiger partial charge in [0.25, 0.3) is 0 Å². The Kier molecular flexibility index (Phi) is 5.99. The highest BCUT2D eigenvalue weighted by Crippen LogP contribution is 2.21. The number of aromatic nitrogens is 3. The molecular weight excluding hydrogens is 298 g/mol. The third-order valence-corrected chi connectivity index (χ3v) is 4.68. The van der Waals surface area contributed by atoms with E-state index >= 15 is 0 Å². The molecule has 0 atom stereocenters. The summed E-state index contributed by atoms with van der Waals surface area (Å²) >= 11 is 0. The van der Waals surface area contributed by atoms with Crippen LogP contribution in [0, 0.1) is 0 Å². The Morgan fingerprint density at radius 1 is 1.04 bits per heavy atom. The van der Waals surface area contributed by atoms with E-state index in [2.05, 4.69) is 32.3 Å². The molecule has 0 aliphatic heterocycles. The van der Waals surface area contributed by atoms with Crippen LogP contribution < -0.4 is 10.2 Å². The highest BCUT2D eigenvalue weighted by molar-refractivity contribution is 5.41. The Morgan fingerprint density at radius 2 is 1.79 bits per heavy atom. The number of nitrogens with one attached hydrogen (secondary N) is 1. The summed E-state index contributed by atoms with van der Waals surface area (Å²) in [6, 6.07) is 6.64. The van der Waals surface area contributed by atoms with Gasteiger partial charge in [0.1, 0.15) is 5.82 Å². The number of nitrogens with zero attached hydrogens (tertiary/aromatic N) is 4. The van der Waals surface area contributed by atoms with Crippen LogP contribution in [0.3, 0.4) is 0 Å². The van der Waals surface area contributed by atoms with Gasteiger partial charge < -0.3 is 10.2 Å². The first kappa shape index (κ1) is 16.7. The van der Waals surface area contributed by atoms with E-state index in [9.17, 15) is 0 Å². The summed E-state index contributed by atoms with van der Waals surface area (Å²) in [6.45, 7) is 0.886. The Bertz CT molecular complexity index is 608. The number of hydrogen-bond donors (Lipinski definition) is 1. The average molecular weight is 325 g/mol. The number of rotatable bonds is 6. The molecule has 0 spiro atoms. The summed E-state index contributed by atoms with van der Waals surface area (Å²) in [6.07, 6.45) is 14.4. The fourth-order valence-corrected chi connectivity index (χ4v) is 3.19. The number of anilines is 2. The lowest BCUT2D eigenvalue weighted by atomic mass is 10.1. The van der Waals surface area contributed by atoms with Gasteiger partial charge in [0, 0.05) is 38.2 Å². The lowest BCUT2D eigenvalue weighted by Crippen LogP contribution is -2.24. The Labute approximate surface area is 144 Å². The molecule has 1 fully saturated rings. The molecule has 128 valence electrons. The minimum absolute atomic E-state index is 0.553. The molecule has 1 saturated carbocycles.